The molecule has 200 valence electrons. The number of nitrogens with zero attached hydrogens (tertiary/aromatic N) is 3. The Kier molecular flexibility index (Phi) is 7.34. The minimum absolute atomic E-state index is 0.153. The molecule has 1 amide bonds. The molecule has 0 radical (unpaired) electrons. The number of benzene rings is 2. The van der Waals surface area contributed by atoms with E-state index in [1.807, 2.05) is 18.2 Å². The number of carbonyl (C=O) groups is 1. The first-order valence-electron chi connectivity index (χ1n) is 13.3. The zero-order valence-electron chi connectivity index (χ0n) is 22.4. The van der Waals surface area contributed by atoms with E-state index in [-0.39, 0.29) is 23.1 Å². The molecule has 2 aliphatic rings. The molecule has 3 aromatic rings. The number of halogens is 1. The quantitative estimate of drug-likeness (QED) is 0.315. The topological polar surface area (TPSA) is 79.4 Å². The first kappa shape index (κ1) is 26.1. The van der Waals surface area contributed by atoms with Gasteiger partial charge in [-0.2, -0.15) is 9.97 Å². The van der Waals surface area contributed by atoms with E-state index in [0.717, 1.165) is 37.8 Å². The van der Waals surface area contributed by atoms with Crippen LogP contribution in [0.1, 0.15) is 37.8 Å². The van der Waals surface area contributed by atoms with Crippen LogP contribution in [0, 0.1) is 11.2 Å². The molecular weight excluding hydrogens is 481 g/mol. The molecule has 0 saturated carbocycles. The lowest BCUT2D eigenvalue weighted by molar-refractivity contribution is -0.116. The number of likely N-dealkylation sites (tertiary alicyclic amines) is 1. The molecule has 7 nitrogen and oxygen atoms in total. The van der Waals surface area contributed by atoms with Crippen molar-refractivity contribution < 1.29 is 13.9 Å². The molecule has 1 atom stereocenters. The summed E-state index contributed by atoms with van der Waals surface area (Å²) in [5.74, 6) is -0.0933. The summed E-state index contributed by atoms with van der Waals surface area (Å²) in [6, 6.07) is 10.0. The van der Waals surface area contributed by atoms with Crippen LogP contribution in [0.4, 0.5) is 10.2 Å². The van der Waals surface area contributed by atoms with E-state index in [2.05, 4.69) is 54.1 Å². The monoisotopic (exact) mass is 517 g/mol. The Hall–Kier alpha value is -3.52. The summed E-state index contributed by atoms with van der Waals surface area (Å²) in [5, 5.41) is 6.53. The van der Waals surface area contributed by atoms with Gasteiger partial charge in [0.1, 0.15) is 18.2 Å². The van der Waals surface area contributed by atoms with Gasteiger partial charge >= 0.3 is 6.01 Å². The van der Waals surface area contributed by atoms with Gasteiger partial charge in [-0.05, 0) is 79.6 Å². The van der Waals surface area contributed by atoms with Gasteiger partial charge < -0.3 is 20.3 Å². The van der Waals surface area contributed by atoms with E-state index >= 15 is 4.39 Å². The third-order valence-corrected chi connectivity index (χ3v) is 7.63. The molecule has 0 spiro atoms. The van der Waals surface area contributed by atoms with Gasteiger partial charge in [0, 0.05) is 30.1 Å². The molecule has 8 heteroatoms. The predicted molar refractivity (Wildman–Crippen MR) is 149 cm³/mol. The zero-order valence-corrected chi connectivity index (χ0v) is 22.4. The molecular formula is C30H36FN5O2. The number of amides is 1. The van der Waals surface area contributed by atoms with Gasteiger partial charge in [-0.15, -0.1) is 0 Å². The first-order chi connectivity index (χ1) is 18.2. The molecule has 1 saturated heterocycles. The van der Waals surface area contributed by atoms with Crippen LogP contribution in [0.3, 0.4) is 0 Å². The van der Waals surface area contributed by atoms with Crippen LogP contribution in [0.25, 0.3) is 22.0 Å². The summed E-state index contributed by atoms with van der Waals surface area (Å²) in [5.41, 5.74) is 4.71. The average molecular weight is 518 g/mol. The predicted octanol–water partition coefficient (Wildman–Crippen LogP) is 4.75. The molecule has 1 aliphatic heterocycles. The average Bonchev–Trinajstić information content (AvgIpc) is 3.45. The molecule has 2 N–H and O–H groups in total. The minimum Gasteiger partial charge on any atom is -0.462 e. The Balaban J connectivity index is 1.50. The number of nitrogens with one attached hydrogen (secondary N) is 2. The fourth-order valence-electron chi connectivity index (χ4n) is 5.65. The number of anilines is 1. The SMILES string of the molecule is C=CC(=O)NCCNc1nc(OC[C@@H]2CCCN2C)nc2cc(-c3cccc4c3CC(C)(C)C4)c(F)cc12. The van der Waals surface area contributed by atoms with E-state index in [0.29, 0.717) is 48.0 Å². The second-order valence-electron chi connectivity index (χ2n) is 11.2. The van der Waals surface area contributed by atoms with Crippen LogP contribution in [0.15, 0.2) is 43.0 Å². The Morgan fingerprint density at radius 2 is 2.08 bits per heavy atom. The molecule has 2 aromatic carbocycles. The number of likely N-dealkylation sites (N-methyl/N-ethyl adjacent to an activating group) is 1. The molecule has 0 bridgehead atoms. The fraction of sp³-hybridized carbons (Fsp3) is 0.433. The molecule has 1 aliphatic carbocycles. The first-order valence-corrected chi connectivity index (χ1v) is 13.3. The summed E-state index contributed by atoms with van der Waals surface area (Å²) < 4.78 is 21.8. The van der Waals surface area contributed by atoms with Gasteiger partial charge in [0.25, 0.3) is 0 Å². The fourth-order valence-corrected chi connectivity index (χ4v) is 5.65. The maximum atomic E-state index is 15.7. The van der Waals surface area contributed by atoms with Crippen molar-refractivity contribution in [2.75, 3.05) is 38.6 Å². The van der Waals surface area contributed by atoms with Gasteiger partial charge in [-0.3, -0.25) is 4.79 Å². The van der Waals surface area contributed by atoms with Crippen molar-refractivity contribution in [2.45, 2.75) is 45.6 Å². The highest BCUT2D eigenvalue weighted by Gasteiger charge is 2.31. The van der Waals surface area contributed by atoms with E-state index < -0.39 is 0 Å². The summed E-state index contributed by atoms with van der Waals surface area (Å²) in [7, 11) is 2.10. The molecule has 0 unspecified atom stereocenters. The van der Waals surface area contributed by atoms with Gasteiger partial charge in [-0.1, -0.05) is 38.6 Å². The van der Waals surface area contributed by atoms with Crippen LogP contribution < -0.4 is 15.4 Å². The van der Waals surface area contributed by atoms with Crippen molar-refractivity contribution in [2.24, 2.45) is 5.41 Å². The standard InChI is InChI=1S/C30H36FN5O2/c1-5-27(37)32-11-12-33-28-23-14-25(31)22(21-10-6-8-19-16-30(2,3)17-24(19)21)15-26(23)34-29(35-28)38-18-20-9-7-13-36(20)4/h5-6,8,10,14-15,20H,1,7,9,11-13,16-18H2,2-4H3,(H,32,37)(H,33,34,35)/t20-/m0/s1. The van der Waals surface area contributed by atoms with Crippen LogP contribution in [0.2, 0.25) is 0 Å². The maximum absolute atomic E-state index is 15.7. The number of ether oxygens (including phenoxy) is 1. The highest BCUT2D eigenvalue weighted by atomic mass is 19.1. The van der Waals surface area contributed by atoms with Crippen LogP contribution >= 0.6 is 0 Å². The largest absolute Gasteiger partial charge is 0.462 e. The number of rotatable bonds is 9. The van der Waals surface area contributed by atoms with E-state index in [1.54, 1.807) is 0 Å². The number of hydrogen-bond donors (Lipinski definition) is 2. The molecule has 5 rings (SSSR count). The normalized spacial score (nSPS) is 18.4. The minimum atomic E-state index is -0.316. The third kappa shape index (κ3) is 5.50. The highest BCUT2D eigenvalue weighted by molar-refractivity contribution is 5.93. The summed E-state index contributed by atoms with van der Waals surface area (Å²) in [6.45, 7) is 10.3. The highest BCUT2D eigenvalue weighted by Crippen LogP contribution is 2.42. The summed E-state index contributed by atoms with van der Waals surface area (Å²) in [4.78, 5) is 23.1. The van der Waals surface area contributed by atoms with Crippen LogP contribution in [-0.4, -0.2) is 60.1 Å². The van der Waals surface area contributed by atoms with Gasteiger partial charge in [0.15, 0.2) is 0 Å². The number of fused-ring (bicyclic) bond motifs is 2. The summed E-state index contributed by atoms with van der Waals surface area (Å²) in [6.07, 6.45) is 5.34. The number of aromatic nitrogens is 2. The smallest absolute Gasteiger partial charge is 0.318 e. The Morgan fingerprint density at radius 3 is 2.84 bits per heavy atom. The van der Waals surface area contributed by atoms with Gasteiger partial charge in [0.2, 0.25) is 5.91 Å². The Labute approximate surface area is 223 Å². The van der Waals surface area contributed by atoms with Crippen molar-refractivity contribution in [3.8, 4) is 17.1 Å². The van der Waals surface area contributed by atoms with Crippen LogP contribution in [-0.2, 0) is 17.6 Å². The van der Waals surface area contributed by atoms with Gasteiger partial charge in [-0.25, -0.2) is 4.39 Å². The summed E-state index contributed by atoms with van der Waals surface area (Å²) >= 11 is 0. The lowest BCUT2D eigenvalue weighted by Crippen LogP contribution is -2.31. The molecule has 1 fully saturated rings. The lowest BCUT2D eigenvalue weighted by atomic mass is 9.89. The number of hydrogen-bond acceptors (Lipinski definition) is 6. The van der Waals surface area contributed by atoms with E-state index in [9.17, 15) is 4.79 Å². The van der Waals surface area contributed by atoms with Crippen molar-refractivity contribution in [3.63, 3.8) is 0 Å². The molecule has 38 heavy (non-hydrogen) atoms. The van der Waals surface area contributed by atoms with Crippen molar-refractivity contribution in [1.82, 2.24) is 20.2 Å². The number of carbonyl (C=O) groups excluding carboxylic acids is 1. The Bertz CT molecular complexity index is 1370. The van der Waals surface area contributed by atoms with Crippen molar-refractivity contribution in [1.29, 1.82) is 0 Å². The van der Waals surface area contributed by atoms with E-state index in [1.165, 1.54) is 23.3 Å². The second-order valence-corrected chi connectivity index (χ2v) is 11.2. The van der Waals surface area contributed by atoms with Gasteiger partial charge in [0.05, 0.1) is 5.52 Å². The zero-order chi connectivity index (χ0) is 26.9. The van der Waals surface area contributed by atoms with E-state index in [4.69, 9.17) is 9.72 Å². The van der Waals surface area contributed by atoms with Crippen LogP contribution in [0.5, 0.6) is 6.01 Å². The second kappa shape index (κ2) is 10.7. The van der Waals surface area contributed by atoms with Crippen molar-refractivity contribution >= 4 is 22.6 Å². The maximum Gasteiger partial charge on any atom is 0.318 e. The third-order valence-electron chi connectivity index (χ3n) is 7.63. The lowest BCUT2D eigenvalue weighted by Gasteiger charge is -2.19. The van der Waals surface area contributed by atoms with Crippen molar-refractivity contribution in [3.05, 3.63) is 59.9 Å². The Morgan fingerprint density at radius 1 is 1.24 bits per heavy atom. The molecule has 2 heterocycles. The molecule has 1 aromatic heterocycles.